The molecule has 0 unspecified atom stereocenters. The summed E-state index contributed by atoms with van der Waals surface area (Å²) < 4.78 is 4.85. The van der Waals surface area contributed by atoms with Crippen molar-refractivity contribution in [2.45, 2.75) is 0 Å². The minimum atomic E-state index is -0.393. The van der Waals surface area contributed by atoms with Gasteiger partial charge in [-0.1, -0.05) is 18.2 Å². The molecule has 0 radical (unpaired) electrons. The molecule has 1 aromatic carbocycles. The number of ether oxygens (including phenoxy) is 1. The van der Waals surface area contributed by atoms with E-state index in [1.165, 1.54) is 30.5 Å². The molecule has 3 aromatic rings. The number of hydrogen-bond donors (Lipinski definition) is 1. The zero-order chi connectivity index (χ0) is 15.4. The third-order valence-corrected chi connectivity index (χ3v) is 2.78. The molecule has 0 saturated heterocycles. The van der Waals surface area contributed by atoms with E-state index in [-0.39, 0.29) is 11.7 Å². The zero-order valence-electron chi connectivity index (χ0n) is 11.7. The normalized spacial score (nSPS) is 10.2. The van der Waals surface area contributed by atoms with Gasteiger partial charge in [-0.15, -0.1) is 5.10 Å². The fourth-order valence-electron chi connectivity index (χ4n) is 1.73. The van der Waals surface area contributed by atoms with Crippen LogP contribution in [0.15, 0.2) is 48.9 Å². The molecule has 0 aliphatic heterocycles. The van der Waals surface area contributed by atoms with Crippen LogP contribution in [0, 0.1) is 0 Å². The van der Waals surface area contributed by atoms with E-state index in [0.717, 1.165) is 5.69 Å². The fraction of sp³-hybridized carbons (Fsp3) is 0.0714. The Kier molecular flexibility index (Phi) is 3.73. The summed E-state index contributed by atoms with van der Waals surface area (Å²) in [6, 6.07) is 9.55. The molecule has 0 saturated carbocycles. The predicted octanol–water partition coefficient (Wildman–Crippen LogP) is 1.32. The Morgan fingerprint density at radius 3 is 2.55 bits per heavy atom. The zero-order valence-corrected chi connectivity index (χ0v) is 11.7. The molecule has 0 aliphatic carbocycles. The summed E-state index contributed by atoms with van der Waals surface area (Å²) in [6.07, 6.45) is 4.30. The summed E-state index contributed by atoms with van der Waals surface area (Å²) in [7, 11) is 1.47. The van der Waals surface area contributed by atoms with E-state index < -0.39 is 5.91 Å². The Hall–Kier alpha value is -3.29. The van der Waals surface area contributed by atoms with Crippen molar-refractivity contribution in [1.29, 1.82) is 0 Å². The summed E-state index contributed by atoms with van der Waals surface area (Å²) in [5.74, 6) is -0.393. The first-order valence-corrected chi connectivity index (χ1v) is 6.41. The highest BCUT2D eigenvalue weighted by Crippen LogP contribution is 2.09. The molecule has 1 amide bonds. The lowest BCUT2D eigenvalue weighted by Crippen LogP contribution is -2.13. The second kappa shape index (κ2) is 6.00. The number of nitrogens with one attached hydrogen (secondary N) is 1. The largest absolute Gasteiger partial charge is 0.467 e. The van der Waals surface area contributed by atoms with E-state index in [4.69, 9.17) is 4.74 Å². The number of para-hydroxylation sites is 1. The van der Waals surface area contributed by atoms with Crippen LogP contribution in [-0.2, 0) is 0 Å². The van der Waals surface area contributed by atoms with E-state index in [2.05, 4.69) is 25.5 Å². The summed E-state index contributed by atoms with van der Waals surface area (Å²) >= 11 is 0. The van der Waals surface area contributed by atoms with Gasteiger partial charge in [-0.25, -0.2) is 9.97 Å². The average molecular weight is 296 g/mol. The van der Waals surface area contributed by atoms with Crippen LogP contribution in [0.2, 0.25) is 0 Å². The van der Waals surface area contributed by atoms with Crippen molar-refractivity contribution in [2.75, 3.05) is 12.4 Å². The maximum Gasteiger partial charge on any atom is 0.316 e. The maximum absolute atomic E-state index is 12.1. The van der Waals surface area contributed by atoms with Crippen molar-refractivity contribution in [3.8, 4) is 11.7 Å². The highest BCUT2D eigenvalue weighted by molar-refractivity contribution is 6.02. The van der Waals surface area contributed by atoms with E-state index in [1.54, 1.807) is 0 Å². The highest BCUT2D eigenvalue weighted by Gasteiger charge is 2.12. The molecule has 3 rings (SSSR count). The van der Waals surface area contributed by atoms with Gasteiger partial charge in [-0.05, 0) is 12.1 Å². The fourth-order valence-corrected chi connectivity index (χ4v) is 1.73. The van der Waals surface area contributed by atoms with Gasteiger partial charge in [0.25, 0.3) is 5.91 Å². The molecule has 8 heteroatoms. The van der Waals surface area contributed by atoms with Crippen LogP contribution in [0.3, 0.4) is 0 Å². The topological polar surface area (TPSA) is 94.8 Å². The number of carbonyl (C=O) groups excluding carboxylic acids is 1. The number of carbonyl (C=O) groups is 1. The first-order chi connectivity index (χ1) is 10.8. The lowest BCUT2D eigenvalue weighted by Gasteiger charge is -2.02. The van der Waals surface area contributed by atoms with E-state index in [9.17, 15) is 4.79 Å². The first-order valence-electron chi connectivity index (χ1n) is 6.41. The Balaban J connectivity index is 1.74. The highest BCUT2D eigenvalue weighted by atomic mass is 16.5. The molecular weight excluding hydrogens is 284 g/mol. The van der Waals surface area contributed by atoms with Gasteiger partial charge in [0.05, 0.1) is 37.1 Å². The molecule has 2 heterocycles. The molecule has 22 heavy (non-hydrogen) atoms. The van der Waals surface area contributed by atoms with Crippen molar-refractivity contribution < 1.29 is 9.53 Å². The SMILES string of the molecule is COc1ncc(NC(=O)c2cnn(-c3ccccc3)n2)cn1. The van der Waals surface area contributed by atoms with Crippen molar-refractivity contribution in [2.24, 2.45) is 0 Å². The van der Waals surface area contributed by atoms with E-state index >= 15 is 0 Å². The summed E-state index contributed by atoms with van der Waals surface area (Å²) in [5, 5.41) is 10.8. The van der Waals surface area contributed by atoms with Crippen molar-refractivity contribution in [1.82, 2.24) is 25.0 Å². The van der Waals surface area contributed by atoms with Crippen molar-refractivity contribution in [3.63, 3.8) is 0 Å². The van der Waals surface area contributed by atoms with Crippen LogP contribution in [-0.4, -0.2) is 38.0 Å². The number of aromatic nitrogens is 5. The molecule has 110 valence electrons. The number of anilines is 1. The number of hydrogen-bond acceptors (Lipinski definition) is 6. The number of benzene rings is 1. The summed E-state index contributed by atoms with van der Waals surface area (Å²) in [4.78, 5) is 21.3. The van der Waals surface area contributed by atoms with Crippen LogP contribution in [0.5, 0.6) is 6.01 Å². The number of methoxy groups -OCH3 is 1. The van der Waals surface area contributed by atoms with Crippen molar-refractivity contribution >= 4 is 11.6 Å². The predicted molar refractivity (Wildman–Crippen MR) is 77.9 cm³/mol. The second-order valence-electron chi connectivity index (χ2n) is 4.27. The van der Waals surface area contributed by atoms with Gasteiger partial charge in [-0.3, -0.25) is 4.79 Å². The van der Waals surface area contributed by atoms with Gasteiger partial charge in [0, 0.05) is 0 Å². The minimum Gasteiger partial charge on any atom is -0.467 e. The van der Waals surface area contributed by atoms with Gasteiger partial charge in [-0.2, -0.15) is 9.90 Å². The first kappa shape index (κ1) is 13.7. The number of amides is 1. The Morgan fingerprint density at radius 1 is 1.14 bits per heavy atom. The van der Waals surface area contributed by atoms with Gasteiger partial charge in [0.2, 0.25) is 0 Å². The van der Waals surface area contributed by atoms with Gasteiger partial charge >= 0.3 is 6.01 Å². The molecule has 0 atom stereocenters. The lowest BCUT2D eigenvalue weighted by atomic mass is 10.3. The maximum atomic E-state index is 12.1. The third-order valence-electron chi connectivity index (χ3n) is 2.78. The molecule has 1 N–H and O–H groups in total. The molecule has 0 spiro atoms. The summed E-state index contributed by atoms with van der Waals surface area (Å²) in [5.41, 5.74) is 1.41. The standard InChI is InChI=1S/C14H12N6O2/c1-22-14-15-7-10(8-16-14)18-13(21)12-9-17-20(19-12)11-5-3-2-4-6-11/h2-9H,1H3,(H,18,21). The van der Waals surface area contributed by atoms with Crippen LogP contribution in [0.25, 0.3) is 5.69 Å². The molecule has 0 aliphatic rings. The average Bonchev–Trinajstić information content (AvgIpc) is 3.06. The monoisotopic (exact) mass is 296 g/mol. The number of nitrogens with zero attached hydrogens (tertiary/aromatic N) is 5. The van der Waals surface area contributed by atoms with Gasteiger partial charge in [0.1, 0.15) is 0 Å². The molecule has 0 fully saturated rings. The van der Waals surface area contributed by atoms with Crippen LogP contribution in [0.4, 0.5) is 5.69 Å². The van der Waals surface area contributed by atoms with Crippen LogP contribution >= 0.6 is 0 Å². The third kappa shape index (κ3) is 2.90. The molecule has 8 nitrogen and oxygen atoms in total. The minimum absolute atomic E-state index is 0.194. The molecular formula is C14H12N6O2. The Morgan fingerprint density at radius 2 is 1.86 bits per heavy atom. The van der Waals surface area contributed by atoms with E-state index in [0.29, 0.717) is 5.69 Å². The van der Waals surface area contributed by atoms with Crippen LogP contribution in [0.1, 0.15) is 10.5 Å². The molecule has 2 aromatic heterocycles. The second-order valence-corrected chi connectivity index (χ2v) is 4.27. The van der Waals surface area contributed by atoms with Crippen molar-refractivity contribution in [3.05, 3.63) is 54.6 Å². The van der Waals surface area contributed by atoms with Gasteiger partial charge in [0.15, 0.2) is 5.69 Å². The Bertz CT molecular complexity index is 770. The number of rotatable bonds is 4. The Labute approximate surface area is 125 Å². The van der Waals surface area contributed by atoms with Gasteiger partial charge < -0.3 is 10.1 Å². The molecule has 0 bridgehead atoms. The smallest absolute Gasteiger partial charge is 0.316 e. The quantitative estimate of drug-likeness (QED) is 0.780. The van der Waals surface area contributed by atoms with E-state index in [1.807, 2.05) is 30.3 Å². The van der Waals surface area contributed by atoms with Crippen LogP contribution < -0.4 is 10.1 Å². The summed E-state index contributed by atoms with van der Waals surface area (Å²) in [6.45, 7) is 0. The lowest BCUT2D eigenvalue weighted by molar-refractivity contribution is 0.102.